The van der Waals surface area contributed by atoms with E-state index in [0.29, 0.717) is 10.6 Å². The number of carbonyl (C=O) groups is 1. The van der Waals surface area contributed by atoms with E-state index < -0.39 is 6.03 Å². The summed E-state index contributed by atoms with van der Waals surface area (Å²) in [6, 6.07) is -0.412. The minimum Gasteiger partial charge on any atom is -0.243 e. The van der Waals surface area contributed by atoms with Gasteiger partial charge in [0.1, 0.15) is 12.7 Å². The number of aromatic nitrogens is 6. The first-order valence-corrected chi connectivity index (χ1v) is 6.02. The number of aryl methyl sites for hydroxylation is 1. The Morgan fingerprint density at radius 3 is 3.00 bits per heavy atom. The molecule has 0 spiro atoms. The van der Waals surface area contributed by atoms with Gasteiger partial charge in [-0.05, 0) is 22.4 Å². The van der Waals surface area contributed by atoms with E-state index in [2.05, 4.69) is 43.0 Å². The lowest BCUT2D eigenvalue weighted by Gasteiger charge is -1.98. The molecule has 0 bridgehead atoms. The molecule has 0 saturated carbocycles. The molecule has 2 aromatic rings. The fraction of sp³-hybridized carbons (Fsp3) is 0.444. The predicted octanol–water partition coefficient (Wildman–Crippen LogP) is 1.49. The molecule has 0 saturated heterocycles. The van der Waals surface area contributed by atoms with E-state index in [1.54, 1.807) is 0 Å². The van der Waals surface area contributed by atoms with E-state index in [0.717, 1.165) is 23.9 Å². The monoisotopic (exact) mass is 298 g/mol. The summed E-state index contributed by atoms with van der Waals surface area (Å²) in [4.78, 5) is 19.8. The summed E-state index contributed by atoms with van der Waals surface area (Å²) in [6.07, 6.45) is 5.42. The zero-order valence-corrected chi connectivity index (χ0v) is 10.8. The van der Waals surface area contributed by atoms with Crippen LogP contribution in [0.25, 0.3) is 0 Å². The van der Waals surface area contributed by atoms with Gasteiger partial charge in [0.2, 0.25) is 4.73 Å². The topological polar surface area (TPSA) is 78.5 Å². The maximum Gasteiger partial charge on any atom is 0.373 e. The maximum absolute atomic E-state index is 11.9. The first-order valence-electron chi connectivity index (χ1n) is 5.23. The fourth-order valence-electron chi connectivity index (χ4n) is 1.30. The molecular weight excluding hydrogens is 288 g/mol. The molecule has 0 aliphatic carbocycles. The maximum atomic E-state index is 11.9. The Labute approximate surface area is 106 Å². The van der Waals surface area contributed by atoms with Crippen LogP contribution in [0, 0.1) is 0 Å². The number of hydrogen-bond donors (Lipinski definition) is 0. The van der Waals surface area contributed by atoms with Crippen LogP contribution in [0.1, 0.15) is 25.6 Å². The Morgan fingerprint density at radius 1 is 1.53 bits per heavy atom. The Kier molecular flexibility index (Phi) is 3.62. The van der Waals surface area contributed by atoms with Crippen LogP contribution >= 0.6 is 15.9 Å². The largest absolute Gasteiger partial charge is 0.373 e. The third kappa shape index (κ3) is 2.57. The molecule has 2 rings (SSSR count). The zero-order valence-electron chi connectivity index (χ0n) is 9.25. The van der Waals surface area contributed by atoms with Crippen molar-refractivity contribution >= 4 is 22.0 Å². The van der Waals surface area contributed by atoms with Crippen molar-refractivity contribution in [1.29, 1.82) is 0 Å². The second kappa shape index (κ2) is 5.17. The van der Waals surface area contributed by atoms with Crippen molar-refractivity contribution in [2.75, 3.05) is 0 Å². The highest BCUT2D eigenvalue weighted by Gasteiger charge is 2.15. The Morgan fingerprint density at radius 2 is 2.35 bits per heavy atom. The molecule has 2 aromatic heterocycles. The molecule has 17 heavy (non-hydrogen) atoms. The minimum atomic E-state index is -0.412. The lowest BCUT2D eigenvalue weighted by molar-refractivity contribution is 0.237. The van der Waals surface area contributed by atoms with Crippen LogP contribution in [0.15, 0.2) is 17.4 Å². The second-order valence-electron chi connectivity index (χ2n) is 3.44. The number of unbranched alkanes of at least 4 members (excludes halogenated alkanes) is 1. The summed E-state index contributed by atoms with van der Waals surface area (Å²) in [7, 11) is 0. The van der Waals surface area contributed by atoms with Gasteiger partial charge >= 0.3 is 6.03 Å². The van der Waals surface area contributed by atoms with E-state index in [-0.39, 0.29) is 0 Å². The summed E-state index contributed by atoms with van der Waals surface area (Å²) in [5.74, 6) is 0.646. The Balaban J connectivity index is 2.21. The molecule has 0 N–H and O–H groups in total. The van der Waals surface area contributed by atoms with Gasteiger partial charge in [-0.25, -0.2) is 14.8 Å². The molecule has 0 aromatic carbocycles. The zero-order chi connectivity index (χ0) is 12.3. The van der Waals surface area contributed by atoms with Crippen LogP contribution < -0.4 is 0 Å². The first-order chi connectivity index (χ1) is 8.22. The van der Waals surface area contributed by atoms with E-state index in [1.807, 2.05) is 0 Å². The van der Waals surface area contributed by atoms with Gasteiger partial charge in [0.05, 0.1) is 0 Å². The van der Waals surface area contributed by atoms with Crippen molar-refractivity contribution in [2.45, 2.75) is 26.2 Å². The number of halogens is 1. The van der Waals surface area contributed by atoms with Gasteiger partial charge in [0.25, 0.3) is 0 Å². The highest BCUT2D eigenvalue weighted by Crippen LogP contribution is 2.09. The van der Waals surface area contributed by atoms with E-state index >= 15 is 0 Å². The molecule has 0 aliphatic rings. The lowest BCUT2D eigenvalue weighted by atomic mass is 10.2. The third-order valence-electron chi connectivity index (χ3n) is 2.16. The summed E-state index contributed by atoms with van der Waals surface area (Å²) < 4.78 is 2.65. The molecule has 0 radical (unpaired) electrons. The van der Waals surface area contributed by atoms with Crippen LogP contribution in [0.5, 0.6) is 0 Å². The minimum absolute atomic E-state index is 0.379. The summed E-state index contributed by atoms with van der Waals surface area (Å²) >= 11 is 3.20. The second-order valence-corrected chi connectivity index (χ2v) is 4.14. The molecule has 0 atom stereocenters. The Hall–Kier alpha value is -1.57. The van der Waals surface area contributed by atoms with Gasteiger partial charge in [-0.3, -0.25) is 0 Å². The van der Waals surface area contributed by atoms with Crippen molar-refractivity contribution in [3.63, 3.8) is 0 Å². The Bertz CT molecular complexity index is 506. The summed E-state index contributed by atoms with van der Waals surface area (Å²) in [5, 5.41) is 7.88. The quantitative estimate of drug-likeness (QED) is 0.858. The molecule has 90 valence electrons. The average Bonchev–Trinajstić information content (AvgIpc) is 2.94. The smallest absolute Gasteiger partial charge is 0.243 e. The van der Waals surface area contributed by atoms with Crippen LogP contribution in [0.2, 0.25) is 0 Å². The van der Waals surface area contributed by atoms with Crippen LogP contribution in [0.3, 0.4) is 0 Å². The summed E-state index contributed by atoms with van der Waals surface area (Å²) in [5.41, 5.74) is 0. The molecule has 7 nitrogen and oxygen atoms in total. The standard InChI is InChI=1S/C9H11BrN6O/c1-2-3-4-7-13-8(10)16(14-7)9(17)15-6-11-5-12-15/h5-6H,2-4H2,1H3. The van der Waals surface area contributed by atoms with Crippen molar-refractivity contribution in [2.24, 2.45) is 0 Å². The average molecular weight is 299 g/mol. The van der Waals surface area contributed by atoms with Crippen LogP contribution in [-0.2, 0) is 6.42 Å². The number of nitrogens with zero attached hydrogens (tertiary/aromatic N) is 6. The van der Waals surface area contributed by atoms with Crippen LogP contribution in [-0.4, -0.2) is 35.6 Å². The number of hydrogen-bond acceptors (Lipinski definition) is 5. The number of carbonyl (C=O) groups excluding carboxylic acids is 1. The normalized spacial score (nSPS) is 10.7. The van der Waals surface area contributed by atoms with Crippen molar-refractivity contribution in [3.8, 4) is 0 Å². The van der Waals surface area contributed by atoms with Gasteiger partial charge < -0.3 is 0 Å². The molecule has 0 aliphatic heterocycles. The highest BCUT2D eigenvalue weighted by molar-refractivity contribution is 9.10. The van der Waals surface area contributed by atoms with Crippen molar-refractivity contribution in [1.82, 2.24) is 29.5 Å². The predicted molar refractivity (Wildman–Crippen MR) is 62.5 cm³/mol. The third-order valence-corrected chi connectivity index (χ3v) is 2.67. The molecule has 0 amide bonds. The van der Waals surface area contributed by atoms with Crippen molar-refractivity contribution < 1.29 is 4.79 Å². The van der Waals surface area contributed by atoms with E-state index in [4.69, 9.17) is 0 Å². The van der Waals surface area contributed by atoms with E-state index in [1.165, 1.54) is 17.3 Å². The molecular formula is C9H11BrN6O. The number of rotatable bonds is 3. The molecule has 0 unspecified atom stereocenters. The van der Waals surface area contributed by atoms with Gasteiger partial charge in [-0.1, -0.05) is 13.3 Å². The van der Waals surface area contributed by atoms with Gasteiger partial charge in [-0.2, -0.15) is 14.5 Å². The SMILES string of the molecule is CCCCc1nc(Br)n(C(=O)n2cncn2)n1. The first kappa shape index (κ1) is 11.9. The van der Waals surface area contributed by atoms with Crippen LogP contribution in [0.4, 0.5) is 4.79 Å². The fourth-order valence-corrected chi connectivity index (χ4v) is 1.74. The molecule has 2 heterocycles. The summed E-state index contributed by atoms with van der Waals surface area (Å²) in [6.45, 7) is 2.09. The van der Waals surface area contributed by atoms with Crippen molar-refractivity contribution in [3.05, 3.63) is 23.2 Å². The van der Waals surface area contributed by atoms with E-state index in [9.17, 15) is 4.79 Å². The van der Waals surface area contributed by atoms with Gasteiger partial charge in [0, 0.05) is 6.42 Å². The molecule has 0 fully saturated rings. The highest BCUT2D eigenvalue weighted by atomic mass is 79.9. The molecule has 8 heteroatoms. The van der Waals surface area contributed by atoms with Gasteiger partial charge in [-0.15, -0.1) is 5.10 Å². The van der Waals surface area contributed by atoms with Gasteiger partial charge in [0.15, 0.2) is 5.82 Å². The lowest BCUT2D eigenvalue weighted by Crippen LogP contribution is -2.21.